The molecule has 4 fully saturated rings. The quantitative estimate of drug-likeness (QED) is 0.0153. The summed E-state index contributed by atoms with van der Waals surface area (Å²) in [6, 6.07) is -0.478. The van der Waals surface area contributed by atoms with Gasteiger partial charge in [0.1, 0.15) is 67.6 Å². The minimum absolute atomic E-state index is 0.00982. The number of ether oxygens (including phenoxy) is 9. The number of amides is 8. The molecule has 656 valence electrons. The van der Waals surface area contributed by atoms with Crippen LogP contribution in [0.25, 0.3) is 0 Å². The average molecular weight is 1650 g/mol. The number of aliphatic hydroxyl groups is 13. The predicted octanol–water partition coefficient (Wildman–Crippen LogP) is -5.69. The third kappa shape index (κ3) is 40.4. The Balaban J connectivity index is 1.29. The Morgan fingerprint density at radius 1 is 0.407 bits per heavy atom. The Morgan fingerprint density at radius 3 is 1.20 bits per heavy atom. The van der Waals surface area contributed by atoms with E-state index in [9.17, 15) is 109 Å². The predicted molar refractivity (Wildman–Crippen MR) is 394 cm³/mol. The first-order chi connectivity index (χ1) is 54.2. The summed E-state index contributed by atoms with van der Waals surface area (Å²) in [5.74, 6) is -5.84. The van der Waals surface area contributed by atoms with Gasteiger partial charge in [0.25, 0.3) is 5.91 Å². The minimum Gasteiger partial charge on any atom is -0.396 e. The molecule has 0 aromatic heterocycles. The summed E-state index contributed by atoms with van der Waals surface area (Å²) >= 11 is 0. The second-order valence-corrected chi connectivity index (χ2v) is 29.3. The van der Waals surface area contributed by atoms with E-state index in [1.54, 1.807) is 0 Å². The SMILES string of the molecule is O=C(CCCCO[C@@H]1OC(CO)[C@H](O)C(O)C1O)NCCCNC(=O)CCOCC(NC(=O)CCCCCCCCCCC(=O)N1C[C@H](O)C[C@H]1CO[PH](=O)O)(OCCC(=O)NCCCNC(=O)CCCCO[C@@H]1OCC(CO)[C@H](O)C(O)C1O)OCCC(=O)NCCCNC(=O)CCCCO[C@@H]1OC(CO)[C@H](O)C(O)C1O. The Morgan fingerprint density at radius 2 is 0.779 bits per heavy atom. The van der Waals surface area contributed by atoms with Gasteiger partial charge in [-0.05, 0) is 77.0 Å². The van der Waals surface area contributed by atoms with Crippen molar-refractivity contribution >= 4 is 55.5 Å². The third-order valence-electron chi connectivity index (χ3n) is 19.2. The summed E-state index contributed by atoms with van der Waals surface area (Å²) in [4.78, 5) is 115. The van der Waals surface area contributed by atoms with Gasteiger partial charge in [0, 0.05) is 110 Å². The van der Waals surface area contributed by atoms with Crippen molar-refractivity contribution in [2.24, 2.45) is 5.92 Å². The number of carbonyl (C=O) groups excluding carboxylic acids is 8. The highest BCUT2D eigenvalue weighted by atomic mass is 31.1. The number of hydrogen-bond donors (Lipinski definition) is 21. The van der Waals surface area contributed by atoms with E-state index < -0.39 is 168 Å². The molecule has 0 aromatic carbocycles. The van der Waals surface area contributed by atoms with E-state index in [1.165, 1.54) is 4.90 Å². The molecule has 4 aliphatic heterocycles. The molecule has 113 heavy (non-hydrogen) atoms. The van der Waals surface area contributed by atoms with E-state index in [0.29, 0.717) is 77.0 Å². The molecule has 4 heterocycles. The monoisotopic (exact) mass is 1650 g/mol. The van der Waals surface area contributed by atoms with Crippen LogP contribution in [0.1, 0.15) is 167 Å². The Hall–Kier alpha value is -4.97. The summed E-state index contributed by atoms with van der Waals surface area (Å²) in [6.07, 6.45) is -11.5. The molecule has 0 saturated carbocycles. The number of nitrogens with one attached hydrogen (secondary N) is 7. The first-order valence-corrected chi connectivity index (χ1v) is 40.8. The van der Waals surface area contributed by atoms with Crippen molar-refractivity contribution in [2.75, 3.05) is 125 Å². The Labute approximate surface area is 658 Å². The molecule has 19 atom stereocenters. The van der Waals surface area contributed by atoms with Gasteiger partial charge in [-0.1, -0.05) is 38.5 Å². The molecule has 0 spiro atoms. The van der Waals surface area contributed by atoms with Crippen molar-refractivity contribution in [2.45, 2.75) is 271 Å². The van der Waals surface area contributed by atoms with Gasteiger partial charge in [0.05, 0.1) is 83.9 Å². The van der Waals surface area contributed by atoms with Gasteiger partial charge in [-0.25, -0.2) is 0 Å². The number of hydrogen-bond acceptors (Lipinski definition) is 32. The molecule has 21 N–H and O–H groups in total. The first kappa shape index (κ1) is 100. The second-order valence-electron chi connectivity index (χ2n) is 28.5. The molecule has 41 nitrogen and oxygen atoms in total. The van der Waals surface area contributed by atoms with Gasteiger partial charge in [-0.3, -0.25) is 42.9 Å². The summed E-state index contributed by atoms with van der Waals surface area (Å²) in [6.45, 7) is -2.09. The van der Waals surface area contributed by atoms with Gasteiger partial charge in [-0.2, -0.15) is 0 Å². The molecule has 42 heteroatoms. The lowest BCUT2D eigenvalue weighted by Gasteiger charge is -2.39. The van der Waals surface area contributed by atoms with E-state index >= 15 is 0 Å². The minimum atomic E-state index is -3.19. The van der Waals surface area contributed by atoms with Crippen molar-refractivity contribution in [3.8, 4) is 0 Å². The van der Waals surface area contributed by atoms with Crippen LogP contribution in [-0.2, 0) is 90.1 Å². The molecule has 4 saturated heterocycles. The van der Waals surface area contributed by atoms with Crippen LogP contribution in [0.5, 0.6) is 0 Å². The number of β-amino-alcohol motifs (C(OH)–C–C–N with tert-alkyl or cyclic N) is 1. The smallest absolute Gasteiger partial charge is 0.316 e. The van der Waals surface area contributed by atoms with Crippen LogP contribution < -0.4 is 37.2 Å². The number of aliphatic hydroxyl groups excluding tert-OH is 13. The maximum absolute atomic E-state index is 13.9. The summed E-state index contributed by atoms with van der Waals surface area (Å²) in [5.41, 5.74) is 0. The maximum Gasteiger partial charge on any atom is 0.316 e. The van der Waals surface area contributed by atoms with Gasteiger partial charge in [0.2, 0.25) is 47.3 Å². The van der Waals surface area contributed by atoms with Crippen LogP contribution in [0.15, 0.2) is 0 Å². The average Bonchev–Trinajstić information content (AvgIpc) is 1.67. The number of nitrogens with zero attached hydrogens (tertiary/aromatic N) is 1. The van der Waals surface area contributed by atoms with Gasteiger partial charge in [-0.15, -0.1) is 0 Å². The molecule has 0 aromatic rings. The standard InChI is InChI=1S/C71H129N8O33P/c80-40-46-43-107-68(65(98)62(95)59(46)92)104-32-12-9-18-51(84)73-27-16-30-76-55(88)24-36-108-71(78-57(90)21-7-5-3-1-2-4-6-8-22-58(91)79-39-48(83)38-47(79)44-110-113(101)102,109-37-25-56(89)77-31-17-28-74-53(86)20-11-14-34-106-70-67(100)64(97)61(94)50(42-82)112-70)45-103-35-23-54(87)75-29-15-26-72-52(85)19-10-13-33-105-69-66(99)63(96)60(93)49(41-81)111-69/h46-50,59-70,80-83,92-100,113H,1-45H2,(H,72,85)(H,73,84)(H,74,86)(H,75,87)(H,76,88)(H,77,89)(H,78,90)(H,101,102)/t46?,47-,48+,49?,50?,59-,60-,61-,62?,63?,64?,65?,66?,67?,68+,69+,70+,71?/m0/s1. The van der Waals surface area contributed by atoms with Crippen LogP contribution >= 0.6 is 8.25 Å². The first-order valence-electron chi connectivity index (χ1n) is 39.6. The van der Waals surface area contributed by atoms with E-state index in [2.05, 4.69) is 37.2 Å². The van der Waals surface area contributed by atoms with Crippen molar-refractivity contribution in [3.05, 3.63) is 0 Å². The van der Waals surface area contributed by atoms with Crippen molar-refractivity contribution in [1.29, 1.82) is 0 Å². The fraction of sp³-hybridized carbons (Fsp3) is 0.887. The van der Waals surface area contributed by atoms with Gasteiger partial charge >= 0.3 is 8.25 Å². The fourth-order valence-electron chi connectivity index (χ4n) is 12.5. The highest BCUT2D eigenvalue weighted by molar-refractivity contribution is 7.32. The lowest BCUT2D eigenvalue weighted by atomic mass is 9.97. The van der Waals surface area contributed by atoms with Crippen molar-refractivity contribution in [1.82, 2.24) is 42.1 Å². The van der Waals surface area contributed by atoms with E-state index in [4.69, 9.17) is 52.0 Å². The molecule has 8 amide bonds. The zero-order valence-electron chi connectivity index (χ0n) is 64.6. The van der Waals surface area contributed by atoms with Crippen LogP contribution in [0.4, 0.5) is 0 Å². The molecule has 0 bridgehead atoms. The number of unbranched alkanes of at least 4 members (excludes halogenated alkanes) is 10. The number of rotatable bonds is 61. The van der Waals surface area contributed by atoms with Crippen LogP contribution in [0.3, 0.4) is 0 Å². The van der Waals surface area contributed by atoms with E-state index in [0.717, 1.165) is 32.1 Å². The molecule has 4 rings (SSSR count). The molecular formula is C71H129N8O33P. The maximum atomic E-state index is 13.9. The van der Waals surface area contributed by atoms with E-state index in [-0.39, 0.29) is 180 Å². The highest BCUT2D eigenvalue weighted by Gasteiger charge is 2.46. The zero-order valence-corrected chi connectivity index (χ0v) is 65.6. The fourth-order valence-corrected chi connectivity index (χ4v) is 12.8. The zero-order chi connectivity index (χ0) is 82.9. The van der Waals surface area contributed by atoms with Gasteiger partial charge in [0.15, 0.2) is 18.9 Å². The van der Waals surface area contributed by atoms with Crippen LogP contribution in [0.2, 0.25) is 0 Å². The Bertz CT molecular complexity index is 2730. The highest BCUT2D eigenvalue weighted by Crippen LogP contribution is 2.28. The molecule has 11 unspecified atom stereocenters. The summed E-state index contributed by atoms with van der Waals surface area (Å²) in [5, 5.41) is 149. The second kappa shape index (κ2) is 58.0. The molecule has 0 aliphatic carbocycles. The Kier molecular flexibility index (Phi) is 51.5. The van der Waals surface area contributed by atoms with Crippen LogP contribution in [-0.4, -0.2) is 353 Å². The molecule has 4 aliphatic rings. The van der Waals surface area contributed by atoms with Crippen LogP contribution in [0, 0.1) is 5.92 Å². The number of carbonyl (C=O) groups is 8. The van der Waals surface area contributed by atoms with Crippen molar-refractivity contribution < 1.29 is 161 Å². The van der Waals surface area contributed by atoms with Crippen molar-refractivity contribution in [3.63, 3.8) is 0 Å². The van der Waals surface area contributed by atoms with E-state index in [1.807, 2.05) is 0 Å². The normalized spacial score (nSPS) is 26.7. The third-order valence-corrected chi connectivity index (χ3v) is 19.6. The topological polar surface area (TPSA) is 617 Å². The lowest BCUT2D eigenvalue weighted by molar-refractivity contribution is -0.301. The summed E-state index contributed by atoms with van der Waals surface area (Å²) in [7, 11) is -3.19. The van der Waals surface area contributed by atoms with Gasteiger partial charge < -0.3 is 161 Å². The largest absolute Gasteiger partial charge is 0.396 e. The molecular weight excluding hydrogens is 1520 g/mol. The number of likely N-dealkylation sites (tertiary alicyclic amines) is 1. The summed E-state index contributed by atoms with van der Waals surface area (Å²) < 4.78 is 66.9. The lowest BCUT2D eigenvalue weighted by Crippen LogP contribution is -2.59. The molecule has 0 radical (unpaired) electrons.